The molecular weight excluding hydrogens is 348 g/mol. The van der Waals surface area contributed by atoms with Crippen molar-refractivity contribution in [3.63, 3.8) is 0 Å². The molecule has 0 spiro atoms. The third-order valence-corrected chi connectivity index (χ3v) is 12.5. The van der Waals surface area contributed by atoms with Crippen LogP contribution in [0.4, 0.5) is 0 Å². The maximum Gasteiger partial charge on any atom is 0.200 e. The molecule has 1 saturated heterocycles. The van der Waals surface area contributed by atoms with Crippen LogP contribution in [0, 0.1) is 0 Å². The summed E-state index contributed by atoms with van der Waals surface area (Å²) >= 11 is 0. The lowest BCUT2D eigenvalue weighted by Crippen LogP contribution is -2.48. The van der Waals surface area contributed by atoms with Crippen molar-refractivity contribution in [1.29, 1.82) is 0 Å². The zero-order chi connectivity index (χ0) is 20.8. The Kier molecular flexibility index (Phi) is 9.51. The van der Waals surface area contributed by atoms with E-state index in [0.717, 1.165) is 25.9 Å². The van der Waals surface area contributed by atoms with Crippen LogP contribution in [0.25, 0.3) is 0 Å². The van der Waals surface area contributed by atoms with Gasteiger partial charge in [0.15, 0.2) is 8.32 Å². The third kappa shape index (κ3) is 6.87. The normalized spacial score (nSPS) is 23.4. The van der Waals surface area contributed by atoms with Crippen LogP contribution in [0.3, 0.4) is 0 Å². The quantitative estimate of drug-likeness (QED) is 0.191. The molecule has 0 saturated carbocycles. The molecule has 1 rings (SSSR count). The molecule has 0 unspecified atom stereocenters. The van der Waals surface area contributed by atoms with Gasteiger partial charge in [-0.25, -0.2) is 0 Å². The largest absolute Gasteiger partial charge is 0.413 e. The molecular formula is C24H46O2Si. The van der Waals surface area contributed by atoms with Crippen LogP contribution in [-0.2, 0) is 9.16 Å². The second kappa shape index (κ2) is 10.4. The smallest absolute Gasteiger partial charge is 0.200 e. The average Bonchev–Trinajstić information content (AvgIpc) is 3.16. The van der Waals surface area contributed by atoms with E-state index in [1.165, 1.54) is 17.6 Å². The highest BCUT2D eigenvalue weighted by atomic mass is 28.4. The molecule has 0 aromatic heterocycles. The van der Waals surface area contributed by atoms with Gasteiger partial charge in [0.1, 0.15) is 6.10 Å². The molecule has 0 N–H and O–H groups in total. The summed E-state index contributed by atoms with van der Waals surface area (Å²) in [5.74, 6) is 0. The summed E-state index contributed by atoms with van der Waals surface area (Å²) in [4.78, 5) is 0. The van der Waals surface area contributed by atoms with Crippen LogP contribution in [-0.4, -0.2) is 26.6 Å². The van der Waals surface area contributed by atoms with E-state index in [9.17, 15) is 0 Å². The average molecular weight is 395 g/mol. The number of rotatable bonds is 12. The highest BCUT2D eigenvalue weighted by molar-refractivity contribution is 6.77. The first-order chi connectivity index (χ1) is 12.5. The topological polar surface area (TPSA) is 21.8 Å². The maximum absolute atomic E-state index is 6.73. The molecule has 0 radical (unpaired) electrons. The summed E-state index contributed by atoms with van der Waals surface area (Å²) in [6, 6.07) is 0. The molecule has 0 aromatic rings. The van der Waals surface area contributed by atoms with E-state index >= 15 is 0 Å². The second-order valence-corrected chi connectivity index (χ2v) is 15.4. The summed E-state index contributed by atoms with van der Waals surface area (Å²) in [5.41, 5.74) is 4.82. The monoisotopic (exact) mass is 394 g/mol. The molecule has 0 amide bonds. The highest BCUT2D eigenvalue weighted by Crippen LogP contribution is 2.46. The van der Waals surface area contributed by atoms with E-state index in [1.807, 2.05) is 0 Å². The van der Waals surface area contributed by atoms with E-state index in [2.05, 4.69) is 81.4 Å². The first-order valence-corrected chi connectivity index (χ1v) is 13.2. The van der Waals surface area contributed by atoms with Crippen molar-refractivity contribution in [2.24, 2.45) is 0 Å². The van der Waals surface area contributed by atoms with Gasteiger partial charge < -0.3 is 9.16 Å². The summed E-state index contributed by atoms with van der Waals surface area (Å²) < 4.78 is 12.8. The van der Waals surface area contributed by atoms with Gasteiger partial charge in [-0.05, 0) is 70.0 Å². The van der Waals surface area contributed by atoms with E-state index in [-0.39, 0.29) is 11.7 Å². The molecule has 27 heavy (non-hydrogen) atoms. The fraction of sp³-hybridized carbons (Fsp3) is 0.833. The molecule has 1 aliphatic rings. The molecule has 2 nitrogen and oxygen atoms in total. The highest BCUT2D eigenvalue weighted by Gasteiger charge is 2.54. The van der Waals surface area contributed by atoms with Crippen LogP contribution in [0.15, 0.2) is 23.3 Å². The molecule has 0 aliphatic carbocycles. The van der Waals surface area contributed by atoms with Crippen molar-refractivity contribution in [1.82, 2.24) is 0 Å². The van der Waals surface area contributed by atoms with Crippen molar-refractivity contribution in [2.45, 2.75) is 123 Å². The molecule has 0 aromatic carbocycles. The Morgan fingerprint density at radius 1 is 0.963 bits per heavy atom. The van der Waals surface area contributed by atoms with Gasteiger partial charge in [0.2, 0.25) is 0 Å². The molecule has 2 atom stereocenters. The predicted molar refractivity (Wildman–Crippen MR) is 122 cm³/mol. The lowest BCUT2D eigenvalue weighted by Gasteiger charge is -2.42. The zero-order valence-electron chi connectivity index (χ0n) is 19.8. The Balaban J connectivity index is 2.49. The Morgan fingerprint density at radius 3 is 2.00 bits per heavy atom. The van der Waals surface area contributed by atoms with Crippen LogP contribution in [0.5, 0.6) is 0 Å². The van der Waals surface area contributed by atoms with Crippen molar-refractivity contribution in [3.05, 3.63) is 23.3 Å². The van der Waals surface area contributed by atoms with Gasteiger partial charge in [-0.15, -0.1) is 0 Å². The molecule has 1 aliphatic heterocycles. The third-order valence-electron chi connectivity index (χ3n) is 6.45. The number of allylic oxidation sites excluding steroid dienone is 4. The van der Waals surface area contributed by atoms with Gasteiger partial charge in [-0.1, -0.05) is 64.8 Å². The van der Waals surface area contributed by atoms with Crippen molar-refractivity contribution < 1.29 is 9.16 Å². The van der Waals surface area contributed by atoms with Crippen LogP contribution >= 0.6 is 0 Å². The minimum Gasteiger partial charge on any atom is -0.413 e. The van der Waals surface area contributed by atoms with E-state index < -0.39 is 8.32 Å². The maximum atomic E-state index is 6.73. The van der Waals surface area contributed by atoms with Crippen LogP contribution < -0.4 is 0 Å². The van der Waals surface area contributed by atoms with Gasteiger partial charge in [-0.2, -0.15) is 0 Å². The van der Waals surface area contributed by atoms with Crippen molar-refractivity contribution >= 4 is 8.32 Å². The minimum atomic E-state index is -1.78. The number of epoxide rings is 1. The first kappa shape index (κ1) is 24.7. The predicted octanol–water partition coefficient (Wildman–Crippen LogP) is 7.81. The van der Waals surface area contributed by atoms with E-state index in [0.29, 0.717) is 16.6 Å². The van der Waals surface area contributed by atoms with Crippen molar-refractivity contribution in [2.75, 3.05) is 6.61 Å². The van der Waals surface area contributed by atoms with Gasteiger partial charge in [0, 0.05) is 0 Å². The van der Waals surface area contributed by atoms with Gasteiger partial charge in [-0.3, -0.25) is 0 Å². The Morgan fingerprint density at radius 2 is 1.52 bits per heavy atom. The van der Waals surface area contributed by atoms with E-state index in [1.54, 1.807) is 0 Å². The number of hydrogen-bond acceptors (Lipinski definition) is 2. The SMILES string of the molecule is CC(C)=CCC/C(C)=C/CC[C@]1(C)O[C@H]1CO[Si](C(C)C)(C(C)C)C(C)C. The molecule has 0 bridgehead atoms. The Hall–Kier alpha value is -0.383. The van der Waals surface area contributed by atoms with Gasteiger partial charge >= 0.3 is 0 Å². The fourth-order valence-electron chi connectivity index (χ4n) is 4.74. The standard InChI is InChI=1S/C24H46O2Si/c1-18(2)13-11-14-22(9)15-12-16-24(10)23(26-24)17-25-27(19(3)4,20(5)6)21(7)8/h13,15,19-21,23H,11-12,14,16-17H2,1-10H3/b22-15+/t23-,24-/m0/s1. The summed E-state index contributed by atoms with van der Waals surface area (Å²) in [5, 5.41) is 0. The van der Waals surface area contributed by atoms with Crippen LogP contribution in [0.2, 0.25) is 16.6 Å². The minimum absolute atomic E-state index is 0.0156. The summed E-state index contributed by atoms with van der Waals surface area (Å²) in [7, 11) is -1.78. The van der Waals surface area contributed by atoms with Gasteiger partial charge in [0.05, 0.1) is 12.2 Å². The van der Waals surface area contributed by atoms with Crippen molar-refractivity contribution in [3.8, 4) is 0 Å². The number of hydrogen-bond donors (Lipinski definition) is 0. The molecule has 1 heterocycles. The lowest BCUT2D eigenvalue weighted by molar-refractivity contribution is 0.229. The summed E-state index contributed by atoms with van der Waals surface area (Å²) in [6.07, 6.45) is 9.53. The molecule has 158 valence electrons. The second-order valence-electron chi connectivity index (χ2n) is 9.96. The Bertz CT molecular complexity index is 493. The van der Waals surface area contributed by atoms with Crippen LogP contribution in [0.1, 0.15) is 94.9 Å². The first-order valence-electron chi connectivity index (χ1n) is 11.1. The lowest BCUT2D eigenvalue weighted by atomic mass is 10.00. The summed E-state index contributed by atoms with van der Waals surface area (Å²) in [6.45, 7) is 23.7. The molecule has 3 heteroatoms. The molecule has 1 fully saturated rings. The zero-order valence-corrected chi connectivity index (χ0v) is 20.8. The van der Waals surface area contributed by atoms with E-state index in [4.69, 9.17) is 9.16 Å². The Labute approximate surface area is 170 Å². The number of ether oxygens (including phenoxy) is 1. The fourth-order valence-corrected chi connectivity index (χ4v) is 10.2. The van der Waals surface area contributed by atoms with Gasteiger partial charge in [0.25, 0.3) is 0 Å².